The largest absolute Gasteiger partial charge is 0.461 e. The zero-order valence-electron chi connectivity index (χ0n) is 15.8. The highest BCUT2D eigenvalue weighted by Crippen LogP contribution is 2.30. The molecule has 2 amide bonds. The number of amides is 2. The number of benzene rings is 1. The van der Waals surface area contributed by atoms with Gasteiger partial charge in [-0.15, -0.1) is 0 Å². The number of carbonyl (C=O) groups excluding carboxylic acids is 3. The molecule has 0 bridgehead atoms. The molecule has 0 aromatic heterocycles. The fourth-order valence-corrected chi connectivity index (χ4v) is 4.36. The monoisotopic (exact) mass is 390 g/mol. The number of thioether (sulfide) groups is 1. The standard InChI is InChI=1S/C20H26N2O4S/c1-21(2)20(25)27-17-9-5-6-14(10-17)13-26-19(24)15-11-18(23)22(12-15)16-7-3-4-8-16/h5-6,9-10,15-16H,3-4,7-8,11-13H2,1-2H3. The quantitative estimate of drug-likeness (QED) is 0.570. The van der Waals surface area contributed by atoms with Crippen molar-refractivity contribution in [1.29, 1.82) is 0 Å². The fourth-order valence-electron chi connectivity index (χ4n) is 3.62. The van der Waals surface area contributed by atoms with Crippen LogP contribution in [0.2, 0.25) is 0 Å². The molecule has 146 valence electrons. The third-order valence-corrected chi connectivity index (χ3v) is 6.14. The van der Waals surface area contributed by atoms with Crippen LogP contribution in [0, 0.1) is 5.92 Å². The Kier molecular flexibility index (Phi) is 6.42. The Balaban J connectivity index is 1.52. The highest BCUT2D eigenvalue weighted by molar-refractivity contribution is 8.13. The molecular weight excluding hydrogens is 364 g/mol. The molecule has 1 aliphatic carbocycles. The summed E-state index contributed by atoms with van der Waals surface area (Å²) in [5.74, 6) is -0.610. The summed E-state index contributed by atoms with van der Waals surface area (Å²) in [6.07, 6.45) is 4.66. The molecule has 3 rings (SSSR count). The Morgan fingerprint density at radius 3 is 2.70 bits per heavy atom. The van der Waals surface area contributed by atoms with Gasteiger partial charge >= 0.3 is 5.97 Å². The summed E-state index contributed by atoms with van der Waals surface area (Å²) in [4.78, 5) is 40.7. The van der Waals surface area contributed by atoms with Gasteiger partial charge < -0.3 is 14.5 Å². The third kappa shape index (κ3) is 5.03. The first-order chi connectivity index (χ1) is 12.9. The molecule has 6 nitrogen and oxygen atoms in total. The first-order valence-electron chi connectivity index (χ1n) is 9.38. The van der Waals surface area contributed by atoms with Gasteiger partial charge in [-0.05, 0) is 42.3 Å². The van der Waals surface area contributed by atoms with Crippen molar-refractivity contribution in [1.82, 2.24) is 9.80 Å². The van der Waals surface area contributed by atoms with Crippen molar-refractivity contribution < 1.29 is 19.1 Å². The number of esters is 1. The van der Waals surface area contributed by atoms with Crippen LogP contribution in [-0.2, 0) is 20.9 Å². The summed E-state index contributed by atoms with van der Waals surface area (Å²) >= 11 is 1.14. The van der Waals surface area contributed by atoms with E-state index in [0.29, 0.717) is 12.6 Å². The summed E-state index contributed by atoms with van der Waals surface area (Å²) in [5, 5.41) is -0.0550. The molecular formula is C20H26N2O4S. The summed E-state index contributed by atoms with van der Waals surface area (Å²) in [5.41, 5.74) is 0.830. The van der Waals surface area contributed by atoms with E-state index in [0.717, 1.165) is 47.9 Å². The molecule has 2 aliphatic rings. The van der Waals surface area contributed by atoms with Crippen LogP contribution in [0.1, 0.15) is 37.7 Å². The summed E-state index contributed by atoms with van der Waals surface area (Å²) in [6, 6.07) is 7.71. The summed E-state index contributed by atoms with van der Waals surface area (Å²) in [7, 11) is 3.41. The second kappa shape index (κ2) is 8.78. The predicted octanol–water partition coefficient (Wildman–Crippen LogP) is 3.29. The lowest BCUT2D eigenvalue weighted by molar-refractivity contribution is -0.149. The SMILES string of the molecule is CN(C)C(=O)Sc1cccc(COC(=O)C2CC(=O)N(C3CCCC3)C2)c1. The molecule has 2 fully saturated rings. The van der Waals surface area contributed by atoms with E-state index in [2.05, 4.69) is 0 Å². The van der Waals surface area contributed by atoms with Gasteiger partial charge in [-0.2, -0.15) is 0 Å². The Morgan fingerprint density at radius 1 is 1.26 bits per heavy atom. The zero-order chi connectivity index (χ0) is 19.4. The van der Waals surface area contributed by atoms with Gasteiger partial charge in [0, 0.05) is 38.0 Å². The number of nitrogens with zero attached hydrogens (tertiary/aromatic N) is 2. The maximum absolute atomic E-state index is 12.4. The lowest BCUT2D eigenvalue weighted by Gasteiger charge is -2.23. The van der Waals surface area contributed by atoms with Gasteiger partial charge in [0.1, 0.15) is 6.61 Å². The average molecular weight is 391 g/mol. The minimum Gasteiger partial charge on any atom is -0.461 e. The number of rotatable bonds is 5. The molecule has 7 heteroatoms. The highest BCUT2D eigenvalue weighted by atomic mass is 32.2. The van der Waals surface area contributed by atoms with Crippen LogP contribution in [0.15, 0.2) is 29.2 Å². The van der Waals surface area contributed by atoms with Crippen molar-refractivity contribution in [3.63, 3.8) is 0 Å². The van der Waals surface area contributed by atoms with Gasteiger partial charge in [0.2, 0.25) is 5.91 Å². The van der Waals surface area contributed by atoms with Crippen molar-refractivity contribution >= 4 is 28.9 Å². The van der Waals surface area contributed by atoms with Crippen LogP contribution < -0.4 is 0 Å². The molecule has 1 saturated carbocycles. The second-order valence-electron chi connectivity index (χ2n) is 7.40. The Hall–Kier alpha value is -2.02. The van der Waals surface area contributed by atoms with E-state index in [-0.39, 0.29) is 36.1 Å². The van der Waals surface area contributed by atoms with E-state index in [9.17, 15) is 14.4 Å². The van der Waals surface area contributed by atoms with Crippen molar-refractivity contribution in [3.05, 3.63) is 29.8 Å². The van der Waals surface area contributed by atoms with Crippen LogP contribution in [-0.4, -0.2) is 53.6 Å². The van der Waals surface area contributed by atoms with Crippen molar-refractivity contribution in [2.75, 3.05) is 20.6 Å². The smallest absolute Gasteiger partial charge is 0.311 e. The normalized spacial score (nSPS) is 20.1. The minimum atomic E-state index is -0.369. The number of likely N-dealkylation sites (tertiary alicyclic amines) is 1. The molecule has 1 heterocycles. The molecule has 0 spiro atoms. The van der Waals surface area contributed by atoms with Gasteiger partial charge in [0.25, 0.3) is 5.24 Å². The van der Waals surface area contributed by atoms with Crippen LogP contribution in [0.25, 0.3) is 0 Å². The third-order valence-electron chi connectivity index (χ3n) is 5.11. The number of hydrogen-bond donors (Lipinski definition) is 0. The topological polar surface area (TPSA) is 66.9 Å². The maximum Gasteiger partial charge on any atom is 0.311 e. The fraction of sp³-hybridized carbons (Fsp3) is 0.550. The molecule has 1 aromatic rings. The van der Waals surface area contributed by atoms with Gasteiger partial charge in [-0.3, -0.25) is 14.4 Å². The first-order valence-corrected chi connectivity index (χ1v) is 10.2. The average Bonchev–Trinajstić information content (AvgIpc) is 3.29. The van der Waals surface area contributed by atoms with E-state index in [1.807, 2.05) is 29.2 Å². The van der Waals surface area contributed by atoms with Crippen LogP contribution >= 0.6 is 11.8 Å². The highest BCUT2D eigenvalue weighted by Gasteiger charge is 2.39. The van der Waals surface area contributed by atoms with Crippen LogP contribution in [0.4, 0.5) is 4.79 Å². The Labute approximate surface area is 164 Å². The predicted molar refractivity (Wildman–Crippen MR) is 103 cm³/mol. The molecule has 27 heavy (non-hydrogen) atoms. The zero-order valence-corrected chi connectivity index (χ0v) is 16.7. The van der Waals surface area contributed by atoms with Crippen LogP contribution in [0.5, 0.6) is 0 Å². The Bertz CT molecular complexity index is 716. The van der Waals surface area contributed by atoms with E-state index in [4.69, 9.17) is 4.74 Å². The van der Waals surface area contributed by atoms with E-state index >= 15 is 0 Å². The molecule has 1 unspecified atom stereocenters. The van der Waals surface area contributed by atoms with Gasteiger partial charge in [0.15, 0.2) is 0 Å². The van der Waals surface area contributed by atoms with Gasteiger partial charge in [-0.25, -0.2) is 0 Å². The lowest BCUT2D eigenvalue weighted by atomic mass is 10.1. The molecule has 0 N–H and O–H groups in total. The molecule has 1 aliphatic heterocycles. The molecule has 0 radical (unpaired) electrons. The molecule has 1 aromatic carbocycles. The van der Waals surface area contributed by atoms with Crippen molar-refractivity contribution in [3.8, 4) is 0 Å². The second-order valence-corrected chi connectivity index (χ2v) is 8.43. The summed E-state index contributed by atoms with van der Waals surface area (Å²) < 4.78 is 5.46. The van der Waals surface area contributed by atoms with E-state index in [1.54, 1.807) is 14.1 Å². The van der Waals surface area contributed by atoms with Gasteiger partial charge in [-0.1, -0.05) is 25.0 Å². The molecule has 1 atom stereocenters. The van der Waals surface area contributed by atoms with Crippen LogP contribution in [0.3, 0.4) is 0 Å². The maximum atomic E-state index is 12.4. The minimum absolute atomic E-state index is 0.0550. The molecule has 1 saturated heterocycles. The Morgan fingerprint density at radius 2 is 2.00 bits per heavy atom. The van der Waals surface area contributed by atoms with E-state index in [1.165, 1.54) is 4.90 Å². The van der Waals surface area contributed by atoms with Crippen molar-refractivity contribution in [2.45, 2.75) is 49.6 Å². The summed E-state index contributed by atoms with van der Waals surface area (Å²) in [6.45, 7) is 0.632. The number of hydrogen-bond acceptors (Lipinski definition) is 5. The van der Waals surface area contributed by atoms with E-state index < -0.39 is 0 Å². The van der Waals surface area contributed by atoms with Crippen molar-refractivity contribution in [2.24, 2.45) is 5.92 Å². The number of carbonyl (C=O) groups is 3. The first kappa shape index (κ1) is 19.7. The lowest BCUT2D eigenvalue weighted by Crippen LogP contribution is -2.35. The number of ether oxygens (including phenoxy) is 1. The van der Waals surface area contributed by atoms with Gasteiger partial charge in [0.05, 0.1) is 5.92 Å².